The summed E-state index contributed by atoms with van der Waals surface area (Å²) in [6, 6.07) is 31.7. The van der Waals surface area contributed by atoms with Crippen molar-refractivity contribution in [1.29, 1.82) is 0 Å². The first-order chi connectivity index (χ1) is 15.4. The van der Waals surface area contributed by atoms with Crippen LogP contribution in [0.2, 0.25) is 5.04 Å². The zero-order valence-electron chi connectivity index (χ0n) is 19.0. The molecule has 1 unspecified atom stereocenters. The van der Waals surface area contributed by atoms with Crippen LogP contribution in [-0.4, -0.2) is 52.2 Å². The van der Waals surface area contributed by atoms with Gasteiger partial charge in [-0.1, -0.05) is 0 Å². The summed E-state index contributed by atoms with van der Waals surface area (Å²) in [6.45, 7) is 7.21. The van der Waals surface area contributed by atoms with Crippen molar-refractivity contribution in [3.63, 3.8) is 0 Å². The first-order valence-corrected chi connectivity index (χ1v) is 15.0. The van der Waals surface area contributed by atoms with Crippen LogP contribution in [0, 0.1) is 0 Å². The Labute approximate surface area is 199 Å². The van der Waals surface area contributed by atoms with Crippen LogP contribution in [0.25, 0.3) is 0 Å². The number of aliphatic hydroxyl groups excluding tert-OH is 1. The van der Waals surface area contributed by atoms with Gasteiger partial charge in [0.1, 0.15) is 0 Å². The molecule has 3 nitrogen and oxygen atoms in total. The molecule has 0 spiro atoms. The number of rotatable bonds is 7. The topological polar surface area (TPSA) is 38.7 Å². The van der Waals surface area contributed by atoms with Crippen molar-refractivity contribution < 1.29 is 14.3 Å². The van der Waals surface area contributed by atoms with Crippen molar-refractivity contribution in [1.82, 2.24) is 0 Å². The average Bonchev–Trinajstić information content (AvgIpc) is 3.14. The fourth-order valence-electron chi connectivity index (χ4n) is 4.54. The van der Waals surface area contributed by atoms with Crippen LogP contribution in [-0.2, 0) is 9.16 Å². The molecule has 0 amide bonds. The van der Waals surface area contributed by atoms with Crippen molar-refractivity contribution in [2.24, 2.45) is 0 Å². The summed E-state index contributed by atoms with van der Waals surface area (Å²) in [4.78, 5) is 0. The van der Waals surface area contributed by atoms with E-state index in [-0.39, 0.29) is 31.1 Å². The third kappa shape index (κ3) is 4.94. The Bertz CT molecular complexity index is 937. The molecule has 1 fully saturated rings. The van der Waals surface area contributed by atoms with Crippen LogP contribution in [0.1, 0.15) is 27.2 Å². The monoisotopic (exact) mass is 512 g/mol. The third-order valence-corrected chi connectivity index (χ3v) is 13.4. The summed E-state index contributed by atoms with van der Waals surface area (Å²) in [6.07, 6.45) is -0.125. The predicted octanol–water partition coefficient (Wildman–Crippen LogP) is 3.07. The standard InChI is InChI=1S/C27H32O3SeSi/c1-27(2,3)32(22-15-9-5-10-16-22,23-17-11-6-12-18-23)29-20-25-24(28)19-26(30-25)31-21-13-7-4-8-14-21/h4-18,24-26,28H,19-20H2,1-3H3/t24-,25-,26?/m1/s1. The number of hydrogen-bond acceptors (Lipinski definition) is 3. The quantitative estimate of drug-likeness (QED) is 0.496. The number of benzene rings is 3. The Morgan fingerprint density at radius 1 is 0.875 bits per heavy atom. The Kier molecular flexibility index (Phi) is 7.36. The van der Waals surface area contributed by atoms with Gasteiger partial charge < -0.3 is 0 Å². The fourth-order valence-corrected chi connectivity index (χ4v) is 11.4. The molecule has 4 rings (SSSR count). The molecule has 1 N–H and O–H groups in total. The van der Waals surface area contributed by atoms with E-state index < -0.39 is 14.4 Å². The van der Waals surface area contributed by atoms with Crippen LogP contribution in [0.15, 0.2) is 91.0 Å². The summed E-state index contributed by atoms with van der Waals surface area (Å²) >= 11 is 0.175. The number of ether oxygens (including phenoxy) is 1. The van der Waals surface area contributed by atoms with Gasteiger partial charge in [-0.25, -0.2) is 0 Å². The van der Waals surface area contributed by atoms with Crippen molar-refractivity contribution in [2.75, 3.05) is 6.61 Å². The fraction of sp³-hybridized carbons (Fsp3) is 0.333. The molecule has 1 heterocycles. The van der Waals surface area contributed by atoms with E-state index >= 15 is 0 Å². The second-order valence-corrected chi connectivity index (χ2v) is 16.2. The zero-order valence-corrected chi connectivity index (χ0v) is 21.7. The van der Waals surface area contributed by atoms with E-state index in [0.29, 0.717) is 13.0 Å². The van der Waals surface area contributed by atoms with Gasteiger partial charge in [-0.2, -0.15) is 0 Å². The average molecular weight is 512 g/mol. The van der Waals surface area contributed by atoms with Gasteiger partial charge >= 0.3 is 199 Å². The van der Waals surface area contributed by atoms with Gasteiger partial charge in [0, 0.05) is 0 Å². The van der Waals surface area contributed by atoms with E-state index in [1.54, 1.807) is 0 Å². The molecule has 168 valence electrons. The van der Waals surface area contributed by atoms with Crippen LogP contribution < -0.4 is 14.8 Å². The molecule has 3 aromatic rings. The van der Waals surface area contributed by atoms with Crippen LogP contribution in [0.5, 0.6) is 0 Å². The molecule has 1 aliphatic rings. The minimum absolute atomic E-state index is 0.0765. The van der Waals surface area contributed by atoms with Crippen LogP contribution >= 0.6 is 0 Å². The van der Waals surface area contributed by atoms with Gasteiger partial charge in [0.25, 0.3) is 0 Å². The molecule has 0 radical (unpaired) electrons. The van der Waals surface area contributed by atoms with Crippen molar-refractivity contribution in [3.05, 3.63) is 91.0 Å². The second kappa shape index (κ2) is 10.0. The number of aliphatic hydroxyl groups is 1. The summed E-state index contributed by atoms with van der Waals surface area (Å²) in [5.74, 6) is 0. The van der Waals surface area contributed by atoms with E-state index in [1.807, 2.05) is 6.07 Å². The second-order valence-electron chi connectivity index (χ2n) is 9.31. The Morgan fingerprint density at radius 3 is 1.88 bits per heavy atom. The van der Waals surface area contributed by atoms with Gasteiger partial charge in [0.2, 0.25) is 0 Å². The van der Waals surface area contributed by atoms with Gasteiger partial charge in [-0.15, -0.1) is 0 Å². The molecular formula is C27H32O3SeSi. The zero-order chi connectivity index (χ0) is 22.6. The van der Waals surface area contributed by atoms with E-state index in [1.165, 1.54) is 14.8 Å². The molecule has 0 bridgehead atoms. The van der Waals surface area contributed by atoms with E-state index in [9.17, 15) is 5.11 Å². The van der Waals surface area contributed by atoms with E-state index in [4.69, 9.17) is 9.16 Å². The maximum atomic E-state index is 10.8. The van der Waals surface area contributed by atoms with Gasteiger partial charge in [-0.3, -0.25) is 0 Å². The first-order valence-electron chi connectivity index (χ1n) is 11.2. The summed E-state index contributed by atoms with van der Waals surface area (Å²) in [5, 5.41) is 13.3. The molecule has 0 aromatic heterocycles. The number of hydrogen-bond donors (Lipinski definition) is 1. The Hall–Kier alpha value is -1.72. The maximum absolute atomic E-state index is 10.8. The minimum atomic E-state index is -2.63. The SMILES string of the molecule is CC(C)(C)[Si](OC[C@H]1OC([Se]c2ccccc2)C[C@H]1O)(c1ccccc1)c1ccccc1. The first kappa shape index (κ1) is 23.4. The van der Waals surface area contributed by atoms with Crippen LogP contribution in [0.4, 0.5) is 0 Å². The molecule has 3 aromatic carbocycles. The molecule has 3 atom stereocenters. The van der Waals surface area contributed by atoms with Gasteiger partial charge in [0.15, 0.2) is 0 Å². The molecule has 32 heavy (non-hydrogen) atoms. The molecule has 1 aliphatic heterocycles. The molecule has 5 heteroatoms. The summed E-state index contributed by atoms with van der Waals surface area (Å²) in [5.41, 5.74) is 0. The normalized spacial score (nSPS) is 21.6. The molecule has 0 saturated carbocycles. The van der Waals surface area contributed by atoms with Crippen LogP contribution in [0.3, 0.4) is 0 Å². The van der Waals surface area contributed by atoms with Gasteiger partial charge in [0.05, 0.1) is 0 Å². The molecule has 1 saturated heterocycles. The Morgan fingerprint density at radius 2 is 1.38 bits per heavy atom. The van der Waals surface area contributed by atoms with Gasteiger partial charge in [-0.05, 0) is 0 Å². The van der Waals surface area contributed by atoms with Crippen molar-refractivity contribution in [3.8, 4) is 0 Å². The van der Waals surface area contributed by atoms with E-state index in [2.05, 4.69) is 106 Å². The van der Waals surface area contributed by atoms with Crippen molar-refractivity contribution >= 4 is 38.1 Å². The summed E-state index contributed by atoms with van der Waals surface area (Å²) < 4.78 is 14.6. The third-order valence-electron chi connectivity index (χ3n) is 6.08. The Balaban J connectivity index is 1.58. The molecule has 0 aliphatic carbocycles. The predicted molar refractivity (Wildman–Crippen MR) is 135 cm³/mol. The summed E-state index contributed by atoms with van der Waals surface area (Å²) in [7, 11) is -2.63. The van der Waals surface area contributed by atoms with Crippen molar-refractivity contribution in [2.45, 2.75) is 49.4 Å². The van der Waals surface area contributed by atoms with E-state index in [0.717, 1.165) is 0 Å². The molecular weight excluding hydrogens is 479 g/mol.